The molecule has 1 amide bonds. The van der Waals surface area contributed by atoms with Crippen LogP contribution in [0.2, 0.25) is 0 Å². The molecule has 1 fully saturated rings. The summed E-state index contributed by atoms with van der Waals surface area (Å²) < 4.78 is 21.2. The normalized spacial score (nSPS) is 15.9. The van der Waals surface area contributed by atoms with Gasteiger partial charge >= 0.3 is 0 Å². The summed E-state index contributed by atoms with van der Waals surface area (Å²) in [4.78, 5) is 18.9. The van der Waals surface area contributed by atoms with Crippen molar-refractivity contribution in [3.8, 4) is 17.2 Å². The smallest absolute Gasteiger partial charge is 0.227 e. The van der Waals surface area contributed by atoms with Gasteiger partial charge in [0.2, 0.25) is 11.8 Å². The zero-order valence-electron chi connectivity index (χ0n) is 17.8. The van der Waals surface area contributed by atoms with E-state index in [1.54, 1.807) is 38.4 Å². The molecule has 1 aliphatic heterocycles. The molecule has 0 saturated carbocycles. The highest BCUT2D eigenvalue weighted by Crippen LogP contribution is 2.36. The third kappa shape index (κ3) is 4.47. The van der Waals surface area contributed by atoms with Crippen LogP contribution in [0.4, 0.5) is 5.69 Å². The van der Waals surface area contributed by atoms with E-state index in [0.29, 0.717) is 42.6 Å². The van der Waals surface area contributed by atoms with Crippen LogP contribution < -0.4 is 19.1 Å². The summed E-state index contributed by atoms with van der Waals surface area (Å²) in [6.07, 6.45) is 1.76. The van der Waals surface area contributed by atoms with Gasteiger partial charge in [0.05, 0.1) is 21.3 Å². The van der Waals surface area contributed by atoms with Crippen LogP contribution in [0.15, 0.2) is 47.0 Å². The Balaban J connectivity index is 1.41. The molecule has 0 aliphatic carbocycles. The quantitative estimate of drug-likeness (QED) is 0.549. The van der Waals surface area contributed by atoms with Gasteiger partial charge in [0, 0.05) is 37.1 Å². The van der Waals surface area contributed by atoms with Gasteiger partial charge in [-0.05, 0) is 36.2 Å². The van der Waals surface area contributed by atoms with Crippen LogP contribution in [0.3, 0.4) is 0 Å². The van der Waals surface area contributed by atoms with Gasteiger partial charge in [-0.15, -0.1) is 0 Å². The van der Waals surface area contributed by atoms with Crippen molar-refractivity contribution in [3.05, 3.63) is 59.7 Å². The number of aryl methyl sites for hydroxylation is 2. The number of carbonyl (C=O) groups is 1. The van der Waals surface area contributed by atoms with Gasteiger partial charge in [-0.1, -0.05) is 17.3 Å². The third-order valence-electron chi connectivity index (χ3n) is 5.44. The number of amides is 1. The Kier molecular flexibility index (Phi) is 6.06. The molecule has 2 heterocycles. The maximum atomic E-state index is 12.6. The van der Waals surface area contributed by atoms with Crippen molar-refractivity contribution in [2.24, 2.45) is 0 Å². The second-order valence-electron chi connectivity index (χ2n) is 7.34. The minimum absolute atomic E-state index is 0.0156. The molecular formula is C23H25N3O5. The minimum Gasteiger partial charge on any atom is -0.497 e. The van der Waals surface area contributed by atoms with Gasteiger partial charge in [0.25, 0.3) is 0 Å². The molecule has 1 aliphatic rings. The lowest BCUT2D eigenvalue weighted by atomic mass is 10.1. The Hall–Kier alpha value is -3.55. The van der Waals surface area contributed by atoms with E-state index in [9.17, 15) is 4.79 Å². The summed E-state index contributed by atoms with van der Waals surface area (Å²) in [5.41, 5.74) is 1.92. The van der Waals surface area contributed by atoms with Crippen LogP contribution in [0, 0.1) is 0 Å². The van der Waals surface area contributed by atoms with Crippen LogP contribution in [0.25, 0.3) is 0 Å². The largest absolute Gasteiger partial charge is 0.497 e. The lowest BCUT2D eigenvalue weighted by Crippen LogP contribution is -2.24. The molecule has 1 atom stereocenters. The number of aromatic nitrogens is 2. The predicted octanol–water partition coefficient (Wildman–Crippen LogP) is 3.40. The van der Waals surface area contributed by atoms with Crippen LogP contribution in [-0.2, 0) is 17.6 Å². The van der Waals surface area contributed by atoms with Crippen molar-refractivity contribution < 1.29 is 23.5 Å². The molecule has 1 aromatic heterocycles. The molecule has 8 heteroatoms. The average molecular weight is 423 g/mol. The molecule has 1 unspecified atom stereocenters. The highest BCUT2D eigenvalue weighted by molar-refractivity contribution is 5.96. The van der Waals surface area contributed by atoms with Crippen LogP contribution in [0.1, 0.15) is 29.6 Å². The SMILES string of the molecule is COc1ccc(CCc2nc(C3CC(=O)N(c4ccc(OC)c(OC)c4)C3)no2)cc1. The van der Waals surface area contributed by atoms with E-state index in [-0.39, 0.29) is 11.8 Å². The van der Waals surface area contributed by atoms with Crippen LogP contribution in [0.5, 0.6) is 17.2 Å². The molecule has 0 radical (unpaired) electrons. The molecule has 3 aromatic rings. The van der Waals surface area contributed by atoms with Crippen molar-refractivity contribution in [2.45, 2.75) is 25.2 Å². The lowest BCUT2D eigenvalue weighted by Gasteiger charge is -2.18. The van der Waals surface area contributed by atoms with Gasteiger partial charge in [-0.2, -0.15) is 4.98 Å². The monoisotopic (exact) mass is 423 g/mol. The number of hydrogen-bond donors (Lipinski definition) is 0. The first-order chi connectivity index (χ1) is 15.1. The zero-order valence-corrected chi connectivity index (χ0v) is 17.8. The average Bonchev–Trinajstić information content (AvgIpc) is 3.44. The highest BCUT2D eigenvalue weighted by atomic mass is 16.5. The standard InChI is InChI=1S/C23H25N3O5/c1-28-18-8-4-15(5-9-18)6-11-21-24-23(25-31-21)16-12-22(27)26(14-16)17-7-10-19(29-2)20(13-17)30-3/h4-5,7-10,13,16H,6,11-12,14H2,1-3H3. The summed E-state index contributed by atoms with van der Waals surface area (Å²) in [6, 6.07) is 13.3. The number of hydrogen-bond acceptors (Lipinski definition) is 7. The molecular weight excluding hydrogens is 398 g/mol. The minimum atomic E-state index is -0.112. The van der Waals surface area contributed by atoms with E-state index in [2.05, 4.69) is 10.1 Å². The number of carbonyl (C=O) groups excluding carboxylic acids is 1. The Morgan fingerprint density at radius 3 is 2.48 bits per heavy atom. The molecule has 0 spiro atoms. The molecule has 0 N–H and O–H groups in total. The van der Waals surface area contributed by atoms with Gasteiger partial charge < -0.3 is 23.6 Å². The lowest BCUT2D eigenvalue weighted by molar-refractivity contribution is -0.117. The fourth-order valence-electron chi connectivity index (χ4n) is 3.70. The first-order valence-electron chi connectivity index (χ1n) is 10.1. The van der Waals surface area contributed by atoms with Crippen molar-refractivity contribution in [2.75, 3.05) is 32.8 Å². The second kappa shape index (κ2) is 9.07. The number of nitrogens with zero attached hydrogens (tertiary/aromatic N) is 3. The molecule has 8 nitrogen and oxygen atoms in total. The maximum absolute atomic E-state index is 12.6. The summed E-state index contributed by atoms with van der Waals surface area (Å²) in [5.74, 6) is 3.07. The fourth-order valence-corrected chi connectivity index (χ4v) is 3.70. The van der Waals surface area contributed by atoms with Crippen molar-refractivity contribution in [1.82, 2.24) is 10.1 Å². The Morgan fingerprint density at radius 2 is 1.77 bits per heavy atom. The topological polar surface area (TPSA) is 86.9 Å². The van der Waals surface area contributed by atoms with Crippen molar-refractivity contribution in [3.63, 3.8) is 0 Å². The van der Waals surface area contributed by atoms with Gasteiger partial charge in [-0.3, -0.25) is 4.79 Å². The molecule has 1 saturated heterocycles. The van der Waals surface area contributed by atoms with E-state index in [1.165, 1.54) is 0 Å². The summed E-state index contributed by atoms with van der Waals surface area (Å²) in [5, 5.41) is 4.13. The number of ether oxygens (including phenoxy) is 3. The summed E-state index contributed by atoms with van der Waals surface area (Å²) in [7, 11) is 4.80. The van der Waals surface area contributed by atoms with E-state index in [0.717, 1.165) is 23.4 Å². The Bertz CT molecular complexity index is 1050. The van der Waals surface area contributed by atoms with Gasteiger partial charge in [0.1, 0.15) is 5.75 Å². The highest BCUT2D eigenvalue weighted by Gasteiger charge is 2.35. The van der Waals surface area contributed by atoms with E-state index in [4.69, 9.17) is 18.7 Å². The molecule has 4 rings (SSSR count). The third-order valence-corrected chi connectivity index (χ3v) is 5.44. The second-order valence-corrected chi connectivity index (χ2v) is 7.34. The molecule has 31 heavy (non-hydrogen) atoms. The van der Waals surface area contributed by atoms with Crippen molar-refractivity contribution in [1.29, 1.82) is 0 Å². The zero-order chi connectivity index (χ0) is 21.8. The van der Waals surface area contributed by atoms with Crippen LogP contribution in [-0.4, -0.2) is 43.9 Å². The first-order valence-corrected chi connectivity index (χ1v) is 10.1. The van der Waals surface area contributed by atoms with E-state index < -0.39 is 0 Å². The van der Waals surface area contributed by atoms with Gasteiger partial charge in [-0.25, -0.2) is 0 Å². The Morgan fingerprint density at radius 1 is 1.00 bits per heavy atom. The number of anilines is 1. The Labute approximate surface area is 180 Å². The van der Waals surface area contributed by atoms with Crippen LogP contribution >= 0.6 is 0 Å². The predicted molar refractivity (Wildman–Crippen MR) is 114 cm³/mol. The van der Waals surface area contributed by atoms with Crippen molar-refractivity contribution >= 4 is 11.6 Å². The molecule has 162 valence electrons. The number of methoxy groups -OCH3 is 3. The molecule has 0 bridgehead atoms. The summed E-state index contributed by atoms with van der Waals surface area (Å²) in [6.45, 7) is 0.492. The van der Waals surface area contributed by atoms with E-state index in [1.807, 2.05) is 30.3 Å². The molecule has 2 aromatic carbocycles. The maximum Gasteiger partial charge on any atom is 0.227 e. The fraction of sp³-hybridized carbons (Fsp3) is 0.348. The summed E-state index contributed by atoms with van der Waals surface area (Å²) >= 11 is 0. The number of benzene rings is 2. The van der Waals surface area contributed by atoms with Gasteiger partial charge in [0.15, 0.2) is 17.3 Å². The van der Waals surface area contributed by atoms with E-state index >= 15 is 0 Å². The number of rotatable bonds is 8. The first kappa shape index (κ1) is 20.7.